The van der Waals surface area contributed by atoms with Crippen molar-refractivity contribution in [1.29, 1.82) is 0 Å². The number of phenols is 1. The van der Waals surface area contributed by atoms with E-state index in [-0.39, 0.29) is 11.3 Å². The van der Waals surface area contributed by atoms with E-state index in [1.54, 1.807) is 19.2 Å². The van der Waals surface area contributed by atoms with Gasteiger partial charge in [-0.2, -0.15) is 0 Å². The molecule has 88 valence electrons. The number of hydrogen-bond donors (Lipinski definition) is 1. The van der Waals surface area contributed by atoms with Crippen molar-refractivity contribution in [2.24, 2.45) is 7.05 Å². The van der Waals surface area contributed by atoms with Gasteiger partial charge < -0.3 is 9.67 Å². The van der Waals surface area contributed by atoms with Gasteiger partial charge in [-0.3, -0.25) is 4.79 Å². The van der Waals surface area contributed by atoms with Crippen LogP contribution in [0.3, 0.4) is 0 Å². The quantitative estimate of drug-likeness (QED) is 0.807. The van der Waals surface area contributed by atoms with Gasteiger partial charge in [0.25, 0.3) is 5.56 Å². The summed E-state index contributed by atoms with van der Waals surface area (Å²) in [5.74, 6) is -0.692. The highest BCUT2D eigenvalue weighted by molar-refractivity contribution is 14.1. The number of benzene rings is 1. The first-order valence-electron chi connectivity index (χ1n) is 4.85. The smallest absolute Gasteiger partial charge is 0.264 e. The monoisotopic (exact) mass is 345 g/mol. The summed E-state index contributed by atoms with van der Waals surface area (Å²) in [6.45, 7) is 0. The van der Waals surface area contributed by atoms with E-state index in [1.807, 2.05) is 22.6 Å². The first kappa shape index (κ1) is 12.1. The Morgan fingerprint density at radius 3 is 2.65 bits per heavy atom. The van der Waals surface area contributed by atoms with E-state index in [1.165, 1.54) is 16.7 Å². The standard InChI is InChI=1S/C12H9FINO2/c1-15-11(5-4-10(14)12(15)17)8-3-2-7(16)6-9(8)13/h2-6,16H,1H3. The van der Waals surface area contributed by atoms with Crippen LogP contribution in [0, 0.1) is 9.39 Å². The molecule has 2 aromatic rings. The Morgan fingerprint density at radius 2 is 2.00 bits per heavy atom. The highest BCUT2D eigenvalue weighted by Gasteiger charge is 2.10. The summed E-state index contributed by atoms with van der Waals surface area (Å²) in [7, 11) is 1.59. The Kier molecular flexibility index (Phi) is 3.19. The molecule has 5 heteroatoms. The van der Waals surface area contributed by atoms with Gasteiger partial charge in [-0.1, -0.05) is 0 Å². The fourth-order valence-corrected chi connectivity index (χ4v) is 2.13. The summed E-state index contributed by atoms with van der Waals surface area (Å²) >= 11 is 1.93. The van der Waals surface area contributed by atoms with Crippen LogP contribution in [0.25, 0.3) is 11.3 Å². The van der Waals surface area contributed by atoms with Crippen LogP contribution in [0.1, 0.15) is 0 Å². The predicted octanol–water partition coefficient (Wildman–Crippen LogP) is 2.50. The number of hydrogen-bond acceptors (Lipinski definition) is 2. The summed E-state index contributed by atoms with van der Waals surface area (Å²) in [6.07, 6.45) is 0. The van der Waals surface area contributed by atoms with Gasteiger partial charge in [0.05, 0.1) is 9.26 Å². The topological polar surface area (TPSA) is 42.2 Å². The van der Waals surface area contributed by atoms with Gasteiger partial charge in [-0.05, 0) is 46.9 Å². The van der Waals surface area contributed by atoms with Crippen LogP contribution in [-0.2, 0) is 7.05 Å². The SMILES string of the molecule is Cn1c(-c2ccc(O)cc2F)ccc(I)c1=O. The minimum absolute atomic E-state index is 0.137. The number of nitrogens with zero attached hydrogens (tertiary/aromatic N) is 1. The lowest BCUT2D eigenvalue weighted by molar-refractivity contribution is 0.469. The molecule has 0 bridgehead atoms. The fraction of sp³-hybridized carbons (Fsp3) is 0.0833. The molecule has 0 amide bonds. The fourth-order valence-electron chi connectivity index (χ4n) is 1.59. The van der Waals surface area contributed by atoms with Crippen LogP contribution in [-0.4, -0.2) is 9.67 Å². The molecule has 0 saturated carbocycles. The maximum absolute atomic E-state index is 13.7. The molecule has 0 fully saturated rings. The molecule has 0 unspecified atom stereocenters. The van der Waals surface area contributed by atoms with E-state index in [9.17, 15) is 9.18 Å². The normalized spacial score (nSPS) is 10.5. The lowest BCUT2D eigenvalue weighted by Gasteiger charge is -2.09. The van der Waals surface area contributed by atoms with Gasteiger partial charge in [0, 0.05) is 18.7 Å². The van der Waals surface area contributed by atoms with E-state index in [4.69, 9.17) is 5.11 Å². The maximum atomic E-state index is 13.7. The molecule has 17 heavy (non-hydrogen) atoms. The first-order chi connectivity index (χ1) is 8.00. The molecule has 0 aliphatic rings. The minimum atomic E-state index is -0.554. The molecule has 1 aromatic heterocycles. The van der Waals surface area contributed by atoms with Gasteiger partial charge in [-0.15, -0.1) is 0 Å². The zero-order valence-corrected chi connectivity index (χ0v) is 11.1. The van der Waals surface area contributed by atoms with Gasteiger partial charge in [0.15, 0.2) is 0 Å². The second-order valence-electron chi connectivity index (χ2n) is 3.59. The Balaban J connectivity index is 2.69. The third-order valence-corrected chi connectivity index (χ3v) is 3.31. The summed E-state index contributed by atoms with van der Waals surface area (Å²) in [6, 6.07) is 7.19. The van der Waals surface area contributed by atoms with Gasteiger partial charge in [0.2, 0.25) is 0 Å². The lowest BCUT2D eigenvalue weighted by atomic mass is 10.1. The van der Waals surface area contributed by atoms with E-state index in [0.29, 0.717) is 14.8 Å². The van der Waals surface area contributed by atoms with Crippen molar-refractivity contribution in [3.05, 3.63) is 50.1 Å². The molecule has 1 aromatic carbocycles. The van der Waals surface area contributed by atoms with Crippen LogP contribution >= 0.6 is 22.6 Å². The Hall–Kier alpha value is -1.37. The number of rotatable bonds is 1. The van der Waals surface area contributed by atoms with Gasteiger partial charge in [0.1, 0.15) is 11.6 Å². The molecule has 0 saturated heterocycles. The molecule has 3 nitrogen and oxygen atoms in total. The molecular weight excluding hydrogens is 336 g/mol. The Labute approximate surface area is 111 Å². The molecule has 0 atom stereocenters. The number of aromatic hydroxyl groups is 1. The van der Waals surface area contributed by atoms with Crippen molar-refractivity contribution in [2.75, 3.05) is 0 Å². The summed E-state index contributed by atoms with van der Waals surface area (Å²) in [5.41, 5.74) is 0.599. The van der Waals surface area contributed by atoms with Crippen molar-refractivity contribution in [3.63, 3.8) is 0 Å². The zero-order valence-electron chi connectivity index (χ0n) is 8.95. The summed E-state index contributed by atoms with van der Waals surface area (Å²) in [5, 5.41) is 9.14. The molecule has 1 N–H and O–H groups in total. The second kappa shape index (κ2) is 4.48. The number of pyridine rings is 1. The molecule has 2 rings (SSSR count). The van der Waals surface area contributed by atoms with E-state index in [2.05, 4.69) is 0 Å². The van der Waals surface area contributed by atoms with E-state index < -0.39 is 5.82 Å². The van der Waals surface area contributed by atoms with E-state index in [0.717, 1.165) is 6.07 Å². The third-order valence-electron chi connectivity index (χ3n) is 2.49. The number of phenolic OH excluding ortho intramolecular Hbond substituents is 1. The van der Waals surface area contributed by atoms with Crippen LogP contribution in [0.15, 0.2) is 35.1 Å². The average molecular weight is 345 g/mol. The molecule has 1 heterocycles. The molecule has 0 spiro atoms. The van der Waals surface area contributed by atoms with Crippen LogP contribution < -0.4 is 5.56 Å². The summed E-state index contributed by atoms with van der Waals surface area (Å²) in [4.78, 5) is 11.7. The van der Waals surface area contributed by atoms with Crippen molar-refractivity contribution >= 4 is 22.6 Å². The van der Waals surface area contributed by atoms with E-state index >= 15 is 0 Å². The van der Waals surface area contributed by atoms with Gasteiger partial charge in [-0.25, -0.2) is 4.39 Å². The molecule has 0 aliphatic carbocycles. The lowest BCUT2D eigenvalue weighted by Crippen LogP contribution is -2.20. The largest absolute Gasteiger partial charge is 0.508 e. The van der Waals surface area contributed by atoms with Crippen molar-refractivity contribution < 1.29 is 9.50 Å². The third kappa shape index (κ3) is 2.19. The molecular formula is C12H9FINO2. The maximum Gasteiger partial charge on any atom is 0.264 e. The van der Waals surface area contributed by atoms with Crippen LogP contribution in [0.2, 0.25) is 0 Å². The highest BCUT2D eigenvalue weighted by atomic mass is 127. The Morgan fingerprint density at radius 1 is 1.29 bits per heavy atom. The van der Waals surface area contributed by atoms with Crippen LogP contribution in [0.5, 0.6) is 5.75 Å². The highest BCUT2D eigenvalue weighted by Crippen LogP contribution is 2.24. The van der Waals surface area contributed by atoms with Crippen molar-refractivity contribution in [2.45, 2.75) is 0 Å². The minimum Gasteiger partial charge on any atom is -0.508 e. The van der Waals surface area contributed by atoms with Crippen LogP contribution in [0.4, 0.5) is 4.39 Å². The average Bonchev–Trinajstić information content (AvgIpc) is 2.28. The first-order valence-corrected chi connectivity index (χ1v) is 5.93. The Bertz CT molecular complexity index is 637. The molecule has 0 radical (unpaired) electrons. The van der Waals surface area contributed by atoms with Gasteiger partial charge >= 0.3 is 0 Å². The number of aromatic nitrogens is 1. The second-order valence-corrected chi connectivity index (χ2v) is 4.76. The van der Waals surface area contributed by atoms with Crippen molar-refractivity contribution in [1.82, 2.24) is 4.57 Å². The predicted molar refractivity (Wildman–Crippen MR) is 71.5 cm³/mol. The summed E-state index contributed by atoms with van der Waals surface area (Å²) < 4.78 is 15.6. The number of halogens is 2. The zero-order chi connectivity index (χ0) is 12.6. The molecule has 0 aliphatic heterocycles. The van der Waals surface area contributed by atoms with Crippen molar-refractivity contribution in [3.8, 4) is 17.0 Å².